The largest absolute Gasteiger partial charge is 0.352 e. The van der Waals surface area contributed by atoms with E-state index in [2.05, 4.69) is 15.5 Å². The molecular weight excluding hydrogens is 369 g/mol. The minimum atomic E-state index is -0.326. The molecule has 1 saturated carbocycles. The molecule has 29 heavy (non-hydrogen) atoms. The van der Waals surface area contributed by atoms with Crippen LogP contribution < -0.4 is 10.6 Å². The first kappa shape index (κ1) is 19.6. The van der Waals surface area contributed by atoms with Gasteiger partial charge in [-0.15, -0.1) is 0 Å². The molecule has 1 atom stereocenters. The summed E-state index contributed by atoms with van der Waals surface area (Å²) in [7, 11) is 0. The monoisotopic (exact) mass is 395 g/mol. The van der Waals surface area contributed by atoms with Crippen molar-refractivity contribution in [2.45, 2.75) is 37.8 Å². The molecule has 2 aromatic carbocycles. The van der Waals surface area contributed by atoms with Crippen molar-refractivity contribution in [3.8, 4) is 0 Å². The number of anilines is 1. The summed E-state index contributed by atoms with van der Waals surface area (Å²) in [5.74, 6) is -0.435. The fourth-order valence-corrected chi connectivity index (χ4v) is 3.87. The first-order valence-corrected chi connectivity index (χ1v) is 10.3. The van der Waals surface area contributed by atoms with Crippen molar-refractivity contribution >= 4 is 17.5 Å². The van der Waals surface area contributed by atoms with E-state index in [0.717, 1.165) is 18.4 Å². The lowest BCUT2D eigenvalue weighted by molar-refractivity contribution is -0.128. The van der Waals surface area contributed by atoms with Crippen LogP contribution in [-0.2, 0) is 9.59 Å². The van der Waals surface area contributed by atoms with Crippen molar-refractivity contribution in [1.29, 1.82) is 0 Å². The number of amides is 2. The number of nitrogens with zero attached hydrogens (tertiary/aromatic N) is 1. The minimum Gasteiger partial charge on any atom is -0.352 e. The number of carbonyl (C=O) groups is 2. The summed E-state index contributed by atoms with van der Waals surface area (Å²) in [4.78, 5) is 27.7. The van der Waals surface area contributed by atoms with Gasteiger partial charge in [0.1, 0.15) is 11.9 Å². The molecule has 2 amide bonds. The van der Waals surface area contributed by atoms with E-state index >= 15 is 0 Å². The number of halogens is 1. The average Bonchev–Trinajstić information content (AvgIpc) is 3.55. The Morgan fingerprint density at radius 2 is 1.59 bits per heavy atom. The summed E-state index contributed by atoms with van der Waals surface area (Å²) < 4.78 is 13.0. The van der Waals surface area contributed by atoms with Gasteiger partial charge < -0.3 is 10.6 Å². The Hall–Kier alpha value is -2.73. The van der Waals surface area contributed by atoms with Gasteiger partial charge in [0.25, 0.3) is 0 Å². The lowest BCUT2D eigenvalue weighted by Gasteiger charge is -2.36. The molecule has 0 aromatic heterocycles. The summed E-state index contributed by atoms with van der Waals surface area (Å²) in [5.41, 5.74) is 1.59. The van der Waals surface area contributed by atoms with Gasteiger partial charge in [-0.05, 0) is 68.6 Å². The SMILES string of the molecule is O=C(Nc1ccc(F)cc1)C1CCN([C@H](C(=O)NC2CC2)c2ccccc2)CC1. The Morgan fingerprint density at radius 3 is 2.21 bits per heavy atom. The molecule has 6 heteroatoms. The number of nitrogens with one attached hydrogen (secondary N) is 2. The standard InChI is InChI=1S/C23H26FN3O2/c24-18-6-8-19(9-7-18)25-22(28)17-12-14-27(15-13-17)21(16-4-2-1-3-5-16)23(29)26-20-10-11-20/h1-9,17,20-21H,10-15H2,(H,25,28)(H,26,29)/t21-/m0/s1. The molecule has 1 aliphatic carbocycles. The second-order valence-electron chi connectivity index (χ2n) is 7.90. The van der Waals surface area contributed by atoms with Crippen LogP contribution in [0.2, 0.25) is 0 Å². The molecule has 1 saturated heterocycles. The van der Waals surface area contributed by atoms with Gasteiger partial charge in [0.15, 0.2) is 0 Å². The number of benzene rings is 2. The zero-order chi connectivity index (χ0) is 20.2. The smallest absolute Gasteiger partial charge is 0.242 e. The van der Waals surface area contributed by atoms with E-state index in [-0.39, 0.29) is 29.6 Å². The van der Waals surface area contributed by atoms with Crippen LogP contribution in [-0.4, -0.2) is 35.8 Å². The zero-order valence-electron chi connectivity index (χ0n) is 16.3. The molecule has 4 rings (SSSR count). The van der Waals surface area contributed by atoms with E-state index in [1.807, 2.05) is 30.3 Å². The van der Waals surface area contributed by atoms with Crippen LogP contribution in [0, 0.1) is 11.7 Å². The lowest BCUT2D eigenvalue weighted by atomic mass is 9.93. The number of hydrogen-bond donors (Lipinski definition) is 2. The van der Waals surface area contributed by atoms with Crippen molar-refractivity contribution < 1.29 is 14.0 Å². The van der Waals surface area contributed by atoms with E-state index in [4.69, 9.17) is 0 Å². The Balaban J connectivity index is 1.38. The van der Waals surface area contributed by atoms with Crippen LogP contribution in [0.15, 0.2) is 54.6 Å². The van der Waals surface area contributed by atoms with Crippen LogP contribution >= 0.6 is 0 Å². The number of carbonyl (C=O) groups excluding carboxylic acids is 2. The van der Waals surface area contributed by atoms with Gasteiger partial charge in [-0.25, -0.2) is 4.39 Å². The second kappa shape index (κ2) is 8.74. The van der Waals surface area contributed by atoms with Gasteiger partial charge in [-0.2, -0.15) is 0 Å². The Kier molecular flexibility index (Phi) is 5.90. The number of rotatable bonds is 6. The topological polar surface area (TPSA) is 61.4 Å². The van der Waals surface area contributed by atoms with Crippen LogP contribution in [0.4, 0.5) is 10.1 Å². The van der Waals surface area contributed by atoms with Gasteiger partial charge in [-0.1, -0.05) is 30.3 Å². The van der Waals surface area contributed by atoms with Gasteiger partial charge in [0.05, 0.1) is 0 Å². The predicted octanol–water partition coefficient (Wildman–Crippen LogP) is 3.50. The number of hydrogen-bond acceptors (Lipinski definition) is 3. The maximum absolute atomic E-state index is 13.0. The summed E-state index contributed by atoms with van der Waals surface area (Å²) >= 11 is 0. The van der Waals surface area contributed by atoms with Gasteiger partial charge in [-0.3, -0.25) is 14.5 Å². The molecular formula is C23H26FN3O2. The second-order valence-corrected chi connectivity index (χ2v) is 7.90. The van der Waals surface area contributed by atoms with E-state index in [1.54, 1.807) is 12.1 Å². The molecule has 2 N–H and O–H groups in total. The summed E-state index contributed by atoms with van der Waals surface area (Å²) in [5, 5.41) is 6.00. The first-order chi connectivity index (χ1) is 14.1. The maximum atomic E-state index is 13.0. The Labute approximate surface area is 170 Å². The average molecular weight is 395 g/mol. The molecule has 5 nitrogen and oxygen atoms in total. The summed E-state index contributed by atoms with van der Waals surface area (Å²) in [6.07, 6.45) is 3.48. The highest BCUT2D eigenvalue weighted by molar-refractivity contribution is 5.92. The van der Waals surface area contributed by atoms with Crippen molar-refractivity contribution in [3.63, 3.8) is 0 Å². The van der Waals surface area contributed by atoms with Crippen molar-refractivity contribution in [2.75, 3.05) is 18.4 Å². The van der Waals surface area contributed by atoms with Crippen LogP contribution in [0.25, 0.3) is 0 Å². The minimum absolute atomic E-state index is 0.0463. The normalized spacial score (nSPS) is 18.8. The van der Waals surface area contributed by atoms with Gasteiger partial charge in [0, 0.05) is 17.6 Å². The van der Waals surface area contributed by atoms with Crippen LogP contribution in [0.1, 0.15) is 37.3 Å². The molecule has 2 fully saturated rings. The van der Waals surface area contributed by atoms with Crippen LogP contribution in [0.3, 0.4) is 0 Å². The molecule has 1 aliphatic heterocycles. The van der Waals surface area contributed by atoms with Gasteiger partial charge in [0.2, 0.25) is 11.8 Å². The van der Waals surface area contributed by atoms with Crippen LogP contribution in [0.5, 0.6) is 0 Å². The highest BCUT2D eigenvalue weighted by Gasteiger charge is 2.35. The highest BCUT2D eigenvalue weighted by atomic mass is 19.1. The number of piperidine rings is 1. The molecule has 152 valence electrons. The van der Waals surface area contributed by atoms with E-state index < -0.39 is 0 Å². The third kappa shape index (κ3) is 5.01. The van der Waals surface area contributed by atoms with E-state index in [9.17, 15) is 14.0 Å². The van der Waals surface area contributed by atoms with E-state index in [1.165, 1.54) is 12.1 Å². The Bertz CT molecular complexity index is 844. The van der Waals surface area contributed by atoms with Crippen molar-refractivity contribution in [2.24, 2.45) is 5.92 Å². The molecule has 2 aliphatic rings. The molecule has 0 radical (unpaired) electrons. The Morgan fingerprint density at radius 1 is 0.931 bits per heavy atom. The van der Waals surface area contributed by atoms with Crippen molar-refractivity contribution in [3.05, 3.63) is 66.0 Å². The van der Waals surface area contributed by atoms with E-state index in [0.29, 0.717) is 37.7 Å². The third-order valence-corrected chi connectivity index (χ3v) is 5.66. The summed E-state index contributed by atoms with van der Waals surface area (Å²) in [6, 6.07) is 15.6. The molecule has 2 aromatic rings. The quantitative estimate of drug-likeness (QED) is 0.787. The first-order valence-electron chi connectivity index (χ1n) is 10.3. The fraction of sp³-hybridized carbons (Fsp3) is 0.391. The predicted molar refractivity (Wildman–Crippen MR) is 110 cm³/mol. The maximum Gasteiger partial charge on any atom is 0.242 e. The third-order valence-electron chi connectivity index (χ3n) is 5.66. The lowest BCUT2D eigenvalue weighted by Crippen LogP contribution is -2.46. The number of likely N-dealkylation sites (tertiary alicyclic amines) is 1. The summed E-state index contributed by atoms with van der Waals surface area (Å²) in [6.45, 7) is 1.36. The molecule has 1 heterocycles. The van der Waals surface area contributed by atoms with Gasteiger partial charge >= 0.3 is 0 Å². The fourth-order valence-electron chi connectivity index (χ4n) is 3.87. The van der Waals surface area contributed by atoms with Crippen molar-refractivity contribution in [1.82, 2.24) is 10.2 Å². The molecule has 0 unspecified atom stereocenters. The highest BCUT2D eigenvalue weighted by Crippen LogP contribution is 2.29. The zero-order valence-corrected chi connectivity index (χ0v) is 16.3. The molecule has 0 spiro atoms. The molecule has 0 bridgehead atoms.